The van der Waals surface area contributed by atoms with Gasteiger partial charge in [0.2, 0.25) is 0 Å². The molecule has 0 aromatic heterocycles. The molecular formula is C16H29. The van der Waals surface area contributed by atoms with E-state index in [4.69, 9.17) is 0 Å². The van der Waals surface area contributed by atoms with Gasteiger partial charge in [-0.15, -0.1) is 0 Å². The third kappa shape index (κ3) is 13.5. The summed E-state index contributed by atoms with van der Waals surface area (Å²) in [7, 11) is 0. The van der Waals surface area contributed by atoms with Gasteiger partial charge < -0.3 is 0 Å². The summed E-state index contributed by atoms with van der Waals surface area (Å²) in [5.41, 5.74) is 0. The van der Waals surface area contributed by atoms with Crippen LogP contribution in [0.15, 0.2) is 24.3 Å². The molecule has 0 aromatic rings. The topological polar surface area (TPSA) is 0 Å². The van der Waals surface area contributed by atoms with E-state index in [1.165, 1.54) is 57.8 Å². The monoisotopic (exact) mass is 221 g/mol. The van der Waals surface area contributed by atoms with Crippen LogP contribution in [-0.2, 0) is 0 Å². The maximum atomic E-state index is 3.85. The first-order valence-corrected chi connectivity index (χ1v) is 7.01. The van der Waals surface area contributed by atoms with Gasteiger partial charge in [-0.3, -0.25) is 0 Å². The van der Waals surface area contributed by atoms with Crippen molar-refractivity contribution in [2.45, 2.75) is 71.1 Å². The molecule has 0 aliphatic heterocycles. The van der Waals surface area contributed by atoms with Crippen LogP contribution in [0.3, 0.4) is 0 Å². The lowest BCUT2D eigenvalue weighted by molar-refractivity contribution is 0.694. The minimum absolute atomic E-state index is 1.09. The lowest BCUT2D eigenvalue weighted by atomic mass is 10.1. The van der Waals surface area contributed by atoms with E-state index >= 15 is 0 Å². The van der Waals surface area contributed by atoms with Crippen molar-refractivity contribution in [2.24, 2.45) is 0 Å². The largest absolute Gasteiger partial charge is 0.0885 e. The van der Waals surface area contributed by atoms with Crippen LogP contribution in [0.25, 0.3) is 0 Å². The van der Waals surface area contributed by atoms with Crippen LogP contribution in [-0.4, -0.2) is 0 Å². The second-order valence-electron chi connectivity index (χ2n) is 4.37. The fourth-order valence-corrected chi connectivity index (χ4v) is 1.60. The molecule has 0 heteroatoms. The summed E-state index contributed by atoms with van der Waals surface area (Å²) in [5.74, 6) is 0. The fraction of sp³-hybridized carbons (Fsp3) is 0.688. The van der Waals surface area contributed by atoms with Gasteiger partial charge in [-0.2, -0.15) is 0 Å². The van der Waals surface area contributed by atoms with Gasteiger partial charge in [0.15, 0.2) is 0 Å². The summed E-state index contributed by atoms with van der Waals surface area (Å²) in [5, 5.41) is 0. The summed E-state index contributed by atoms with van der Waals surface area (Å²) in [6.45, 7) is 6.09. The number of allylic oxidation sites excluding steroid dienone is 4. The van der Waals surface area contributed by atoms with Gasteiger partial charge in [-0.25, -0.2) is 0 Å². The van der Waals surface area contributed by atoms with Crippen molar-refractivity contribution in [2.75, 3.05) is 0 Å². The number of hydrogen-bond donors (Lipinski definition) is 0. The van der Waals surface area contributed by atoms with Crippen molar-refractivity contribution >= 4 is 0 Å². The smallest absolute Gasteiger partial charge is 0.0316 e. The van der Waals surface area contributed by atoms with E-state index in [1.54, 1.807) is 0 Å². The van der Waals surface area contributed by atoms with Crippen molar-refractivity contribution in [1.29, 1.82) is 0 Å². The molecule has 0 aromatic carbocycles. The van der Waals surface area contributed by atoms with Crippen LogP contribution in [0.1, 0.15) is 71.1 Å². The highest BCUT2D eigenvalue weighted by atomic mass is 13.9. The van der Waals surface area contributed by atoms with Gasteiger partial charge in [0.1, 0.15) is 0 Å². The van der Waals surface area contributed by atoms with Gasteiger partial charge in [-0.1, -0.05) is 70.3 Å². The van der Waals surface area contributed by atoms with Gasteiger partial charge in [0, 0.05) is 0 Å². The van der Waals surface area contributed by atoms with Crippen LogP contribution in [0.2, 0.25) is 0 Å². The van der Waals surface area contributed by atoms with Crippen LogP contribution in [0.5, 0.6) is 0 Å². The summed E-state index contributed by atoms with van der Waals surface area (Å²) in [6, 6.07) is 0. The minimum atomic E-state index is 1.09. The van der Waals surface area contributed by atoms with Crippen molar-refractivity contribution in [1.82, 2.24) is 0 Å². The van der Waals surface area contributed by atoms with E-state index < -0.39 is 0 Å². The Balaban J connectivity index is 3.12. The third-order valence-corrected chi connectivity index (χ3v) is 2.68. The first kappa shape index (κ1) is 15.5. The first-order chi connectivity index (χ1) is 7.91. The molecule has 0 aliphatic carbocycles. The molecule has 1 radical (unpaired) electrons. The average molecular weight is 221 g/mol. The maximum Gasteiger partial charge on any atom is -0.0316 e. The quantitative estimate of drug-likeness (QED) is 0.303. The Labute approximate surface area is 103 Å². The molecule has 0 saturated carbocycles. The number of rotatable bonds is 11. The second-order valence-corrected chi connectivity index (χ2v) is 4.37. The first-order valence-electron chi connectivity index (χ1n) is 7.01. The number of unbranched alkanes of at least 4 members (excludes halogenated alkanes) is 7. The summed E-state index contributed by atoms with van der Waals surface area (Å²) >= 11 is 0. The van der Waals surface area contributed by atoms with Crippen molar-refractivity contribution in [3.63, 3.8) is 0 Å². The second kappa shape index (κ2) is 14.5. The predicted octanol–water partition coefficient (Wildman–Crippen LogP) is 5.85. The Hall–Kier alpha value is -0.520. The highest BCUT2D eigenvalue weighted by Gasteiger charge is 1.84. The molecule has 0 heterocycles. The molecule has 0 aliphatic rings. The normalized spacial score (nSPS) is 11.9. The summed E-state index contributed by atoms with van der Waals surface area (Å²) in [6.07, 6.45) is 21.9. The molecule has 0 unspecified atom stereocenters. The van der Waals surface area contributed by atoms with Gasteiger partial charge in [-0.05, 0) is 32.1 Å². The van der Waals surface area contributed by atoms with Crippen LogP contribution in [0, 0.1) is 6.92 Å². The van der Waals surface area contributed by atoms with Crippen LogP contribution >= 0.6 is 0 Å². The summed E-state index contributed by atoms with van der Waals surface area (Å²) < 4.78 is 0. The van der Waals surface area contributed by atoms with Crippen LogP contribution < -0.4 is 0 Å². The zero-order valence-electron chi connectivity index (χ0n) is 11.1. The molecule has 0 bridgehead atoms. The molecule has 0 nitrogen and oxygen atoms in total. The highest BCUT2D eigenvalue weighted by molar-refractivity contribution is 4.87. The molecule has 0 rings (SSSR count). The Bertz CT molecular complexity index is 165. The van der Waals surface area contributed by atoms with Gasteiger partial charge in [0.05, 0.1) is 0 Å². The van der Waals surface area contributed by atoms with E-state index in [1.807, 2.05) is 0 Å². The number of hydrogen-bond acceptors (Lipinski definition) is 0. The molecule has 93 valence electrons. The van der Waals surface area contributed by atoms with E-state index in [2.05, 4.69) is 38.2 Å². The Morgan fingerprint density at radius 3 is 1.81 bits per heavy atom. The van der Waals surface area contributed by atoms with Crippen molar-refractivity contribution in [3.05, 3.63) is 31.2 Å². The molecule has 0 spiro atoms. The predicted molar refractivity (Wildman–Crippen MR) is 75.5 cm³/mol. The molecule has 0 N–H and O–H groups in total. The fourth-order valence-electron chi connectivity index (χ4n) is 1.60. The van der Waals surface area contributed by atoms with E-state index in [-0.39, 0.29) is 0 Å². The zero-order chi connectivity index (χ0) is 11.9. The summed E-state index contributed by atoms with van der Waals surface area (Å²) in [4.78, 5) is 0. The molecule has 0 amide bonds. The molecule has 0 saturated heterocycles. The molecule has 0 fully saturated rings. The van der Waals surface area contributed by atoms with Gasteiger partial charge >= 0.3 is 0 Å². The van der Waals surface area contributed by atoms with E-state index in [9.17, 15) is 0 Å². The molecule has 16 heavy (non-hydrogen) atoms. The zero-order valence-corrected chi connectivity index (χ0v) is 11.1. The lowest BCUT2D eigenvalue weighted by Crippen LogP contribution is -1.74. The van der Waals surface area contributed by atoms with Crippen molar-refractivity contribution in [3.8, 4) is 0 Å². The highest BCUT2D eigenvalue weighted by Crippen LogP contribution is 2.04. The average Bonchev–Trinajstić information content (AvgIpc) is 2.31. The Kier molecular flexibility index (Phi) is 14.0. The third-order valence-electron chi connectivity index (χ3n) is 2.68. The van der Waals surface area contributed by atoms with Gasteiger partial charge in [0.25, 0.3) is 0 Å². The Morgan fingerprint density at radius 1 is 0.688 bits per heavy atom. The van der Waals surface area contributed by atoms with Crippen molar-refractivity contribution < 1.29 is 0 Å². The van der Waals surface area contributed by atoms with E-state index in [0.717, 1.165) is 6.42 Å². The molecule has 0 atom stereocenters. The Morgan fingerprint density at radius 2 is 1.25 bits per heavy atom. The van der Waals surface area contributed by atoms with E-state index in [0.29, 0.717) is 0 Å². The molecular weight excluding hydrogens is 192 g/mol. The minimum Gasteiger partial charge on any atom is -0.0885 e. The van der Waals surface area contributed by atoms with Crippen LogP contribution in [0.4, 0.5) is 0 Å². The lowest BCUT2D eigenvalue weighted by Gasteiger charge is -1.94. The maximum absolute atomic E-state index is 3.85. The SMILES string of the molecule is [CH2]CCCCC/C=C\CC/C=C\CCCC. The standard InChI is InChI=1S/C16H29/c1-3-5-7-9-11-13-15-16-14-12-10-8-6-4-2/h10,12-13,15H,1,3-9,11,14,16H2,2H3/b12-10-,15-13-.